The molecule has 0 saturated carbocycles. The van der Waals surface area contributed by atoms with E-state index in [1.54, 1.807) is 0 Å². The van der Waals surface area contributed by atoms with E-state index in [1.165, 1.54) is 19.6 Å². The van der Waals surface area contributed by atoms with Gasteiger partial charge in [-0.05, 0) is 19.6 Å². The number of aliphatic carboxylic acids is 1. The van der Waals surface area contributed by atoms with Crippen molar-refractivity contribution in [1.29, 1.82) is 0 Å². The van der Waals surface area contributed by atoms with Crippen LogP contribution in [0.5, 0.6) is 0 Å². The summed E-state index contributed by atoms with van der Waals surface area (Å²) >= 11 is 0. The monoisotopic (exact) mass is 206 g/mol. The minimum absolute atomic E-state index is 0.505. The Morgan fingerprint density at radius 2 is 1.64 bits per heavy atom. The fourth-order valence-corrected chi connectivity index (χ4v) is 0.749. The molecule has 1 atom stereocenters. The second-order valence-corrected chi connectivity index (χ2v) is 2.75. The zero-order valence-corrected chi connectivity index (χ0v) is 9.23. The zero-order valence-electron chi connectivity index (χ0n) is 9.23. The SMILES string of the molecule is CCN(CC)CC.N[C@H](CO)C(=O)O. The zero-order chi connectivity index (χ0) is 11.6. The van der Waals surface area contributed by atoms with Crippen molar-refractivity contribution < 1.29 is 15.0 Å². The molecule has 0 aromatic carbocycles. The number of aliphatic hydroxyl groups is 1. The van der Waals surface area contributed by atoms with Crippen LogP contribution in [0.3, 0.4) is 0 Å². The van der Waals surface area contributed by atoms with Crippen LogP contribution >= 0.6 is 0 Å². The van der Waals surface area contributed by atoms with Crippen molar-refractivity contribution >= 4 is 5.97 Å². The van der Waals surface area contributed by atoms with Crippen LogP contribution in [0.1, 0.15) is 20.8 Å². The number of nitrogens with two attached hydrogens (primary N) is 1. The molecule has 5 nitrogen and oxygen atoms in total. The van der Waals surface area contributed by atoms with Gasteiger partial charge < -0.3 is 20.8 Å². The van der Waals surface area contributed by atoms with Crippen molar-refractivity contribution in [2.24, 2.45) is 5.73 Å². The van der Waals surface area contributed by atoms with E-state index < -0.39 is 18.6 Å². The fourth-order valence-electron chi connectivity index (χ4n) is 0.749. The van der Waals surface area contributed by atoms with Gasteiger partial charge in [0.1, 0.15) is 6.04 Å². The second-order valence-electron chi connectivity index (χ2n) is 2.75. The van der Waals surface area contributed by atoms with E-state index in [2.05, 4.69) is 25.7 Å². The molecule has 0 radical (unpaired) electrons. The van der Waals surface area contributed by atoms with Crippen LogP contribution in [0.4, 0.5) is 0 Å². The lowest BCUT2D eigenvalue weighted by atomic mass is 10.3. The molecule has 0 heterocycles. The number of hydrogen-bond acceptors (Lipinski definition) is 4. The number of carbonyl (C=O) groups is 1. The number of carboxylic acids is 1. The average molecular weight is 206 g/mol. The third-order valence-electron chi connectivity index (χ3n) is 1.86. The summed E-state index contributed by atoms with van der Waals surface area (Å²) < 4.78 is 0. The second kappa shape index (κ2) is 10.4. The smallest absolute Gasteiger partial charge is 0.322 e. The molecule has 0 bridgehead atoms. The van der Waals surface area contributed by atoms with Gasteiger partial charge in [0.2, 0.25) is 0 Å². The molecule has 0 fully saturated rings. The molecule has 0 aliphatic rings. The summed E-state index contributed by atoms with van der Waals surface area (Å²) in [5.41, 5.74) is 4.77. The van der Waals surface area contributed by atoms with Crippen molar-refractivity contribution in [2.45, 2.75) is 26.8 Å². The molecule has 0 aromatic heterocycles. The van der Waals surface area contributed by atoms with Gasteiger partial charge in [-0.3, -0.25) is 4.79 Å². The van der Waals surface area contributed by atoms with Crippen LogP contribution in [-0.4, -0.2) is 53.4 Å². The highest BCUT2D eigenvalue weighted by atomic mass is 16.4. The Kier molecular flexibility index (Phi) is 11.8. The largest absolute Gasteiger partial charge is 0.480 e. The molecular weight excluding hydrogens is 184 g/mol. The minimum Gasteiger partial charge on any atom is -0.480 e. The predicted molar refractivity (Wildman–Crippen MR) is 56.2 cm³/mol. The molecule has 0 unspecified atom stereocenters. The number of rotatable bonds is 5. The third-order valence-corrected chi connectivity index (χ3v) is 1.86. The van der Waals surface area contributed by atoms with Gasteiger partial charge in [-0.15, -0.1) is 0 Å². The highest BCUT2D eigenvalue weighted by Crippen LogP contribution is 1.81. The summed E-state index contributed by atoms with van der Waals surface area (Å²) in [6.45, 7) is 9.62. The number of carboxylic acid groups (broad SMARTS) is 1. The van der Waals surface area contributed by atoms with Crippen molar-refractivity contribution in [2.75, 3.05) is 26.2 Å². The van der Waals surface area contributed by atoms with E-state index in [-0.39, 0.29) is 0 Å². The lowest BCUT2D eigenvalue weighted by Gasteiger charge is -2.13. The maximum Gasteiger partial charge on any atom is 0.322 e. The molecule has 4 N–H and O–H groups in total. The first-order valence-electron chi connectivity index (χ1n) is 4.84. The number of hydrogen-bond donors (Lipinski definition) is 3. The number of aliphatic hydroxyl groups excluding tert-OH is 1. The third kappa shape index (κ3) is 9.44. The molecule has 86 valence electrons. The molecular formula is C9H22N2O3. The maximum absolute atomic E-state index is 9.65. The van der Waals surface area contributed by atoms with E-state index in [0.717, 1.165) is 0 Å². The topological polar surface area (TPSA) is 86.8 Å². The molecule has 0 aromatic rings. The van der Waals surface area contributed by atoms with Crippen molar-refractivity contribution in [3.8, 4) is 0 Å². The molecule has 14 heavy (non-hydrogen) atoms. The number of nitrogens with zero attached hydrogens (tertiary/aromatic N) is 1. The first kappa shape index (κ1) is 15.8. The van der Waals surface area contributed by atoms with E-state index in [0.29, 0.717) is 0 Å². The summed E-state index contributed by atoms with van der Waals surface area (Å²) in [6, 6.07) is -1.13. The summed E-state index contributed by atoms with van der Waals surface area (Å²) in [7, 11) is 0. The Hall–Kier alpha value is -0.650. The van der Waals surface area contributed by atoms with Crippen molar-refractivity contribution in [3.05, 3.63) is 0 Å². The van der Waals surface area contributed by atoms with Crippen LogP contribution in [0.2, 0.25) is 0 Å². The summed E-state index contributed by atoms with van der Waals surface area (Å²) in [4.78, 5) is 12.0. The molecule has 0 rings (SSSR count). The summed E-state index contributed by atoms with van der Waals surface area (Å²) in [5.74, 6) is -1.18. The van der Waals surface area contributed by atoms with Gasteiger partial charge in [0, 0.05) is 0 Å². The molecule has 0 aliphatic heterocycles. The van der Waals surface area contributed by atoms with Crippen LogP contribution in [-0.2, 0) is 4.79 Å². The fraction of sp³-hybridized carbons (Fsp3) is 0.889. The van der Waals surface area contributed by atoms with E-state index in [4.69, 9.17) is 15.9 Å². The average Bonchev–Trinajstić information content (AvgIpc) is 2.20. The van der Waals surface area contributed by atoms with Crippen molar-refractivity contribution in [3.63, 3.8) is 0 Å². The predicted octanol–water partition coefficient (Wildman–Crippen LogP) is -0.261. The normalized spacial score (nSPS) is 11.9. The van der Waals surface area contributed by atoms with Gasteiger partial charge in [-0.1, -0.05) is 20.8 Å². The van der Waals surface area contributed by atoms with Crippen LogP contribution < -0.4 is 5.73 Å². The lowest BCUT2D eigenvalue weighted by molar-refractivity contribution is -0.139. The van der Waals surface area contributed by atoms with Crippen LogP contribution in [0, 0.1) is 0 Å². The lowest BCUT2D eigenvalue weighted by Crippen LogP contribution is -2.33. The van der Waals surface area contributed by atoms with Gasteiger partial charge >= 0.3 is 5.97 Å². The standard InChI is InChI=1S/C6H15N.C3H7NO3/c1-4-7(5-2)6-3;4-2(1-5)3(6)7/h4-6H2,1-3H3;2,5H,1,4H2,(H,6,7)/t;2-/m.1/s1. The van der Waals surface area contributed by atoms with E-state index in [9.17, 15) is 4.79 Å². The molecule has 5 heteroatoms. The van der Waals surface area contributed by atoms with Gasteiger partial charge in [0.15, 0.2) is 0 Å². The highest BCUT2D eigenvalue weighted by molar-refractivity contribution is 5.73. The Bertz CT molecular complexity index is 133. The van der Waals surface area contributed by atoms with Gasteiger partial charge in [0.25, 0.3) is 0 Å². The Morgan fingerprint density at radius 1 is 1.29 bits per heavy atom. The minimum atomic E-state index is -1.18. The van der Waals surface area contributed by atoms with Crippen LogP contribution in [0.25, 0.3) is 0 Å². The molecule has 0 aliphatic carbocycles. The van der Waals surface area contributed by atoms with Gasteiger partial charge in [-0.2, -0.15) is 0 Å². The van der Waals surface area contributed by atoms with Gasteiger partial charge in [-0.25, -0.2) is 0 Å². The quantitative estimate of drug-likeness (QED) is 0.577. The Morgan fingerprint density at radius 3 is 1.64 bits per heavy atom. The maximum atomic E-state index is 9.65. The molecule has 0 spiro atoms. The van der Waals surface area contributed by atoms with Crippen LogP contribution in [0.15, 0.2) is 0 Å². The molecule has 0 saturated heterocycles. The highest BCUT2D eigenvalue weighted by Gasteiger charge is 2.06. The Labute approximate surface area is 85.5 Å². The van der Waals surface area contributed by atoms with Gasteiger partial charge in [0.05, 0.1) is 6.61 Å². The summed E-state index contributed by atoms with van der Waals surface area (Å²) in [5, 5.41) is 15.9. The summed E-state index contributed by atoms with van der Waals surface area (Å²) in [6.07, 6.45) is 0. The molecule has 0 amide bonds. The first-order chi connectivity index (χ1) is 6.53. The van der Waals surface area contributed by atoms with E-state index >= 15 is 0 Å². The van der Waals surface area contributed by atoms with E-state index in [1.807, 2.05) is 0 Å². The van der Waals surface area contributed by atoms with Crippen molar-refractivity contribution in [1.82, 2.24) is 4.90 Å². The Balaban J connectivity index is 0. The first-order valence-corrected chi connectivity index (χ1v) is 4.84.